The number of carbonyl (C=O) groups is 1. The highest BCUT2D eigenvalue weighted by Crippen LogP contribution is 2.15. The monoisotopic (exact) mass is 345 g/mol. The molecule has 5 nitrogen and oxygen atoms in total. The van der Waals surface area contributed by atoms with Gasteiger partial charge in [-0.25, -0.2) is 9.37 Å². The number of halogens is 2. The van der Waals surface area contributed by atoms with Crippen LogP contribution >= 0.6 is 11.6 Å². The van der Waals surface area contributed by atoms with Gasteiger partial charge in [0.1, 0.15) is 12.4 Å². The van der Waals surface area contributed by atoms with Crippen LogP contribution in [-0.4, -0.2) is 15.5 Å². The van der Waals surface area contributed by atoms with E-state index in [9.17, 15) is 14.0 Å². The summed E-state index contributed by atoms with van der Waals surface area (Å²) in [5, 5.41) is 3.30. The molecule has 0 fully saturated rings. The van der Waals surface area contributed by atoms with Gasteiger partial charge >= 0.3 is 0 Å². The minimum absolute atomic E-state index is 0.232. The Morgan fingerprint density at radius 1 is 1.29 bits per heavy atom. The van der Waals surface area contributed by atoms with Crippen molar-refractivity contribution in [3.63, 3.8) is 0 Å². The Kier molecular flexibility index (Phi) is 4.31. The van der Waals surface area contributed by atoms with E-state index in [4.69, 9.17) is 11.6 Å². The van der Waals surface area contributed by atoms with Gasteiger partial charge in [0.2, 0.25) is 5.91 Å². The van der Waals surface area contributed by atoms with Crippen molar-refractivity contribution in [2.75, 3.05) is 5.32 Å². The average molecular weight is 346 g/mol. The van der Waals surface area contributed by atoms with Crippen LogP contribution in [0.5, 0.6) is 0 Å². The maximum atomic E-state index is 13.5. The van der Waals surface area contributed by atoms with Gasteiger partial charge in [-0.3, -0.25) is 14.2 Å². The van der Waals surface area contributed by atoms with Gasteiger partial charge in [0, 0.05) is 10.7 Å². The fourth-order valence-electron chi connectivity index (χ4n) is 2.27. The number of benzene rings is 2. The van der Waals surface area contributed by atoms with Crippen molar-refractivity contribution < 1.29 is 9.18 Å². The maximum absolute atomic E-state index is 13.5. The molecule has 0 aliphatic rings. The van der Waals surface area contributed by atoms with Crippen LogP contribution in [0.3, 0.4) is 0 Å². The molecule has 0 unspecified atom stereocenters. The van der Waals surface area contributed by atoms with E-state index in [-0.39, 0.29) is 12.1 Å². The van der Waals surface area contributed by atoms with Crippen LogP contribution in [0.1, 0.15) is 5.56 Å². The van der Waals surface area contributed by atoms with Gasteiger partial charge in [0.25, 0.3) is 5.56 Å². The molecular weight excluding hydrogens is 333 g/mol. The van der Waals surface area contributed by atoms with Crippen molar-refractivity contribution >= 4 is 34.1 Å². The molecule has 1 heterocycles. The third kappa shape index (κ3) is 3.28. The molecule has 1 amide bonds. The van der Waals surface area contributed by atoms with Crippen LogP contribution in [0.4, 0.5) is 10.1 Å². The lowest BCUT2D eigenvalue weighted by Crippen LogP contribution is -2.27. The van der Waals surface area contributed by atoms with E-state index < -0.39 is 11.7 Å². The van der Waals surface area contributed by atoms with Crippen molar-refractivity contribution in [1.82, 2.24) is 9.55 Å². The molecule has 0 spiro atoms. The summed E-state index contributed by atoms with van der Waals surface area (Å²) in [6, 6.07) is 9.18. The molecule has 0 atom stereocenters. The second-order valence-corrected chi connectivity index (χ2v) is 5.79. The summed E-state index contributed by atoms with van der Waals surface area (Å²) >= 11 is 5.89. The van der Waals surface area contributed by atoms with Gasteiger partial charge in [-0.05, 0) is 42.8 Å². The van der Waals surface area contributed by atoms with Crippen molar-refractivity contribution in [2.45, 2.75) is 13.5 Å². The molecule has 1 N–H and O–H groups in total. The van der Waals surface area contributed by atoms with Crippen LogP contribution in [0.15, 0.2) is 47.5 Å². The Bertz CT molecular complexity index is 1000. The topological polar surface area (TPSA) is 64.0 Å². The van der Waals surface area contributed by atoms with E-state index in [0.717, 1.165) is 0 Å². The van der Waals surface area contributed by atoms with Crippen LogP contribution in [0, 0.1) is 12.7 Å². The summed E-state index contributed by atoms with van der Waals surface area (Å²) < 4.78 is 14.7. The quantitative estimate of drug-likeness (QED) is 0.793. The predicted octanol–water partition coefficient (Wildman–Crippen LogP) is 3.14. The first-order chi connectivity index (χ1) is 11.4. The molecule has 0 aliphatic heterocycles. The Morgan fingerprint density at radius 2 is 2.08 bits per heavy atom. The third-order valence-electron chi connectivity index (χ3n) is 3.56. The maximum Gasteiger partial charge on any atom is 0.261 e. The molecule has 0 bridgehead atoms. The minimum atomic E-state index is -0.455. The molecule has 122 valence electrons. The predicted molar refractivity (Wildman–Crippen MR) is 90.8 cm³/mol. The fraction of sp³-hybridized carbons (Fsp3) is 0.118. The summed E-state index contributed by atoms with van der Waals surface area (Å²) in [5.74, 6) is -0.865. The lowest BCUT2D eigenvalue weighted by Gasteiger charge is -2.09. The number of aryl methyl sites for hydroxylation is 1. The number of aromatic nitrogens is 2. The van der Waals surface area contributed by atoms with Crippen molar-refractivity contribution in [2.24, 2.45) is 0 Å². The Morgan fingerprint density at radius 3 is 2.83 bits per heavy atom. The first kappa shape index (κ1) is 16.1. The highest BCUT2D eigenvalue weighted by molar-refractivity contribution is 6.31. The number of nitrogens with one attached hydrogen (secondary N) is 1. The number of amides is 1. The number of fused-ring (bicyclic) bond motifs is 1. The van der Waals surface area contributed by atoms with E-state index in [1.807, 2.05) is 0 Å². The Balaban J connectivity index is 1.84. The molecule has 7 heteroatoms. The zero-order valence-corrected chi connectivity index (χ0v) is 13.5. The van der Waals surface area contributed by atoms with Crippen molar-refractivity contribution in [1.29, 1.82) is 0 Å². The van der Waals surface area contributed by atoms with Crippen LogP contribution in [-0.2, 0) is 11.3 Å². The largest absolute Gasteiger partial charge is 0.324 e. The van der Waals surface area contributed by atoms with E-state index in [2.05, 4.69) is 10.3 Å². The zero-order chi connectivity index (χ0) is 17.3. The fourth-order valence-corrected chi connectivity index (χ4v) is 2.44. The number of hydrogen-bond acceptors (Lipinski definition) is 3. The van der Waals surface area contributed by atoms with Gasteiger partial charge in [0.05, 0.1) is 17.2 Å². The van der Waals surface area contributed by atoms with Crippen LogP contribution < -0.4 is 10.9 Å². The van der Waals surface area contributed by atoms with Crippen LogP contribution in [0.2, 0.25) is 5.02 Å². The number of nitrogens with zero attached hydrogens (tertiary/aromatic N) is 2. The van der Waals surface area contributed by atoms with Crippen molar-refractivity contribution in [3.8, 4) is 0 Å². The summed E-state index contributed by atoms with van der Waals surface area (Å²) in [5.41, 5.74) is 0.946. The second kappa shape index (κ2) is 6.41. The lowest BCUT2D eigenvalue weighted by atomic mass is 10.2. The van der Waals surface area contributed by atoms with E-state index in [1.165, 1.54) is 23.0 Å². The number of carbonyl (C=O) groups excluding carboxylic acids is 1. The summed E-state index contributed by atoms with van der Waals surface area (Å²) in [7, 11) is 0. The molecule has 1 aromatic heterocycles. The van der Waals surface area contributed by atoms with Crippen LogP contribution in [0.25, 0.3) is 10.9 Å². The third-order valence-corrected chi connectivity index (χ3v) is 3.79. The van der Waals surface area contributed by atoms with Gasteiger partial charge in [-0.2, -0.15) is 0 Å². The van der Waals surface area contributed by atoms with Gasteiger partial charge in [-0.1, -0.05) is 17.7 Å². The normalized spacial score (nSPS) is 10.8. The molecule has 0 radical (unpaired) electrons. The molecule has 3 rings (SSSR count). The van der Waals surface area contributed by atoms with Crippen molar-refractivity contribution in [3.05, 3.63) is 69.5 Å². The summed E-state index contributed by atoms with van der Waals surface area (Å²) in [4.78, 5) is 28.6. The van der Waals surface area contributed by atoms with E-state index in [1.54, 1.807) is 31.2 Å². The van der Waals surface area contributed by atoms with Gasteiger partial charge < -0.3 is 5.32 Å². The van der Waals surface area contributed by atoms with Gasteiger partial charge in [0.15, 0.2) is 0 Å². The highest BCUT2D eigenvalue weighted by atomic mass is 35.5. The van der Waals surface area contributed by atoms with Gasteiger partial charge in [-0.15, -0.1) is 0 Å². The Labute approximate surface area is 141 Å². The SMILES string of the molecule is Cc1ccc(NC(=O)Cn2cnc3ccc(Cl)cc3c2=O)cc1F. The molecule has 0 saturated heterocycles. The molecule has 2 aromatic carbocycles. The molecule has 0 aliphatic carbocycles. The minimum Gasteiger partial charge on any atom is -0.324 e. The zero-order valence-electron chi connectivity index (χ0n) is 12.7. The molecule has 24 heavy (non-hydrogen) atoms. The number of anilines is 1. The standard InChI is InChI=1S/C17H13ClFN3O2/c1-10-2-4-12(7-14(10)19)21-16(23)8-22-9-20-15-5-3-11(18)6-13(15)17(22)24/h2-7,9H,8H2,1H3,(H,21,23). The summed E-state index contributed by atoms with van der Waals surface area (Å²) in [6.07, 6.45) is 1.30. The lowest BCUT2D eigenvalue weighted by molar-refractivity contribution is -0.116. The first-order valence-corrected chi connectivity index (χ1v) is 7.52. The first-order valence-electron chi connectivity index (χ1n) is 7.15. The van der Waals surface area contributed by atoms with E-state index in [0.29, 0.717) is 27.2 Å². The Hall–Kier alpha value is -2.73. The average Bonchev–Trinajstić information content (AvgIpc) is 2.54. The molecular formula is C17H13ClFN3O2. The number of rotatable bonds is 3. The molecule has 3 aromatic rings. The molecule has 0 saturated carbocycles. The smallest absolute Gasteiger partial charge is 0.261 e. The van der Waals surface area contributed by atoms with E-state index >= 15 is 0 Å². The second-order valence-electron chi connectivity index (χ2n) is 5.35. The number of hydrogen-bond donors (Lipinski definition) is 1. The summed E-state index contributed by atoms with van der Waals surface area (Å²) in [6.45, 7) is 1.40. The highest BCUT2D eigenvalue weighted by Gasteiger charge is 2.10.